The van der Waals surface area contributed by atoms with Crippen molar-refractivity contribution in [2.24, 2.45) is 5.92 Å². The van der Waals surface area contributed by atoms with Crippen molar-refractivity contribution in [2.45, 2.75) is 59.0 Å². The summed E-state index contributed by atoms with van der Waals surface area (Å²) in [5.41, 5.74) is 2.70. The average Bonchev–Trinajstić information content (AvgIpc) is 2.38. The van der Waals surface area contributed by atoms with Crippen LogP contribution in [0.2, 0.25) is 0 Å². The molecule has 0 spiro atoms. The molecule has 0 heterocycles. The van der Waals surface area contributed by atoms with Gasteiger partial charge in [0.2, 0.25) is 0 Å². The number of aliphatic hydroxyl groups is 1. The van der Waals surface area contributed by atoms with E-state index < -0.39 is 0 Å². The highest BCUT2D eigenvalue weighted by molar-refractivity contribution is 5.24. The maximum Gasteiger partial charge on any atom is 0.0584 e. The number of benzene rings is 1. The van der Waals surface area contributed by atoms with Crippen LogP contribution in [0, 0.1) is 5.92 Å². The van der Waals surface area contributed by atoms with E-state index in [0.717, 1.165) is 12.8 Å². The minimum atomic E-state index is 0.185. The fourth-order valence-electron chi connectivity index (χ4n) is 2.48. The maximum absolute atomic E-state index is 9.42. The molecule has 2 unspecified atom stereocenters. The number of rotatable bonds is 8. The Labute approximate surface area is 118 Å². The fraction of sp³-hybridized carbons (Fsp3) is 0.647. The molecule has 0 radical (unpaired) electrons. The third-order valence-corrected chi connectivity index (χ3v) is 3.48. The van der Waals surface area contributed by atoms with Crippen LogP contribution in [0.3, 0.4) is 0 Å². The Hall–Kier alpha value is -0.860. The van der Waals surface area contributed by atoms with Gasteiger partial charge < -0.3 is 10.4 Å². The van der Waals surface area contributed by atoms with Crippen LogP contribution in [0.15, 0.2) is 24.3 Å². The number of aryl methyl sites for hydroxylation is 1. The van der Waals surface area contributed by atoms with E-state index in [2.05, 4.69) is 57.3 Å². The standard InChI is InChI=1S/C17H29NO/c1-5-6-15-7-9-16(10-8-15)14(4)18-17(12-19)11-13(2)3/h7-10,13-14,17-19H,5-6,11-12H2,1-4H3. The lowest BCUT2D eigenvalue weighted by atomic mass is 10.0. The Bertz CT molecular complexity index is 345. The monoisotopic (exact) mass is 263 g/mol. The molecule has 1 aromatic rings. The van der Waals surface area contributed by atoms with Crippen molar-refractivity contribution in [2.75, 3.05) is 6.61 Å². The molecule has 1 rings (SSSR count). The van der Waals surface area contributed by atoms with E-state index in [4.69, 9.17) is 0 Å². The van der Waals surface area contributed by atoms with E-state index in [1.54, 1.807) is 0 Å². The third kappa shape index (κ3) is 5.75. The molecule has 19 heavy (non-hydrogen) atoms. The first-order chi connectivity index (χ1) is 9.06. The van der Waals surface area contributed by atoms with Gasteiger partial charge in [0, 0.05) is 12.1 Å². The van der Waals surface area contributed by atoms with Gasteiger partial charge in [-0.3, -0.25) is 0 Å². The quantitative estimate of drug-likeness (QED) is 0.749. The van der Waals surface area contributed by atoms with Gasteiger partial charge in [-0.1, -0.05) is 51.5 Å². The fourth-order valence-corrected chi connectivity index (χ4v) is 2.48. The van der Waals surface area contributed by atoms with Gasteiger partial charge >= 0.3 is 0 Å². The highest BCUT2D eigenvalue weighted by Gasteiger charge is 2.13. The van der Waals surface area contributed by atoms with Crippen LogP contribution in [0.5, 0.6) is 0 Å². The molecule has 0 aliphatic rings. The summed E-state index contributed by atoms with van der Waals surface area (Å²) in [6, 6.07) is 9.30. The molecular formula is C17H29NO. The molecule has 0 saturated carbocycles. The minimum absolute atomic E-state index is 0.185. The van der Waals surface area contributed by atoms with Crippen molar-refractivity contribution >= 4 is 0 Å². The van der Waals surface area contributed by atoms with Crippen LogP contribution in [0.1, 0.15) is 57.7 Å². The van der Waals surface area contributed by atoms with Gasteiger partial charge in [-0.2, -0.15) is 0 Å². The van der Waals surface area contributed by atoms with Crippen molar-refractivity contribution in [3.63, 3.8) is 0 Å². The second-order valence-corrected chi connectivity index (χ2v) is 5.89. The Kier molecular flexibility index (Phi) is 7.11. The van der Waals surface area contributed by atoms with Gasteiger partial charge in [-0.05, 0) is 36.8 Å². The normalized spacial score (nSPS) is 14.6. The molecule has 0 saturated heterocycles. The second kappa shape index (κ2) is 8.34. The number of aliphatic hydroxyl groups excluding tert-OH is 1. The zero-order valence-corrected chi connectivity index (χ0v) is 12.8. The van der Waals surface area contributed by atoms with E-state index in [9.17, 15) is 5.11 Å². The van der Waals surface area contributed by atoms with Crippen LogP contribution in [-0.2, 0) is 6.42 Å². The predicted molar refractivity (Wildman–Crippen MR) is 82.3 cm³/mol. The highest BCUT2D eigenvalue weighted by atomic mass is 16.3. The summed E-state index contributed by atoms with van der Waals surface area (Å²) in [7, 11) is 0. The summed E-state index contributed by atoms with van der Waals surface area (Å²) < 4.78 is 0. The summed E-state index contributed by atoms with van der Waals surface area (Å²) in [5.74, 6) is 0.601. The summed E-state index contributed by atoms with van der Waals surface area (Å²) in [4.78, 5) is 0. The van der Waals surface area contributed by atoms with Crippen LogP contribution in [0.25, 0.3) is 0 Å². The summed E-state index contributed by atoms with van der Waals surface area (Å²) in [5, 5.41) is 12.9. The lowest BCUT2D eigenvalue weighted by Crippen LogP contribution is -2.35. The Morgan fingerprint density at radius 2 is 1.74 bits per heavy atom. The largest absolute Gasteiger partial charge is 0.395 e. The van der Waals surface area contributed by atoms with E-state index >= 15 is 0 Å². The molecule has 0 aliphatic carbocycles. The van der Waals surface area contributed by atoms with E-state index in [-0.39, 0.29) is 18.7 Å². The van der Waals surface area contributed by atoms with Gasteiger partial charge in [-0.25, -0.2) is 0 Å². The molecule has 1 aromatic carbocycles. The molecule has 2 atom stereocenters. The van der Waals surface area contributed by atoms with E-state index in [0.29, 0.717) is 5.92 Å². The van der Waals surface area contributed by atoms with Gasteiger partial charge in [0.1, 0.15) is 0 Å². The molecule has 0 aliphatic heterocycles. The van der Waals surface area contributed by atoms with Gasteiger partial charge in [0.25, 0.3) is 0 Å². The van der Waals surface area contributed by atoms with Crippen molar-refractivity contribution < 1.29 is 5.11 Å². The molecule has 0 bridgehead atoms. The zero-order valence-electron chi connectivity index (χ0n) is 12.8. The van der Waals surface area contributed by atoms with Crippen molar-refractivity contribution in [1.82, 2.24) is 5.32 Å². The third-order valence-electron chi connectivity index (χ3n) is 3.48. The van der Waals surface area contributed by atoms with E-state index in [1.807, 2.05) is 0 Å². The first-order valence-electron chi connectivity index (χ1n) is 7.52. The average molecular weight is 263 g/mol. The van der Waals surface area contributed by atoms with Gasteiger partial charge in [0.15, 0.2) is 0 Å². The van der Waals surface area contributed by atoms with Crippen LogP contribution >= 0.6 is 0 Å². The molecule has 2 heteroatoms. The molecule has 2 N–H and O–H groups in total. The summed E-state index contributed by atoms with van der Waals surface area (Å²) >= 11 is 0. The lowest BCUT2D eigenvalue weighted by molar-refractivity contribution is 0.215. The second-order valence-electron chi connectivity index (χ2n) is 5.89. The first kappa shape index (κ1) is 16.2. The number of nitrogens with one attached hydrogen (secondary N) is 1. The lowest BCUT2D eigenvalue weighted by Gasteiger charge is -2.23. The maximum atomic E-state index is 9.42. The Balaban J connectivity index is 2.58. The van der Waals surface area contributed by atoms with Crippen molar-refractivity contribution in [3.05, 3.63) is 35.4 Å². The van der Waals surface area contributed by atoms with E-state index in [1.165, 1.54) is 17.5 Å². The predicted octanol–water partition coefficient (Wildman–Crippen LogP) is 3.70. The van der Waals surface area contributed by atoms with Crippen LogP contribution < -0.4 is 5.32 Å². The van der Waals surface area contributed by atoms with Crippen molar-refractivity contribution in [3.8, 4) is 0 Å². The first-order valence-corrected chi connectivity index (χ1v) is 7.52. The molecule has 0 aromatic heterocycles. The minimum Gasteiger partial charge on any atom is -0.395 e. The van der Waals surface area contributed by atoms with Gasteiger partial charge in [-0.15, -0.1) is 0 Å². The smallest absolute Gasteiger partial charge is 0.0584 e. The zero-order chi connectivity index (χ0) is 14.3. The summed E-state index contributed by atoms with van der Waals surface area (Å²) in [6.45, 7) is 8.95. The van der Waals surface area contributed by atoms with Gasteiger partial charge in [0.05, 0.1) is 6.61 Å². The topological polar surface area (TPSA) is 32.3 Å². The number of hydrogen-bond donors (Lipinski definition) is 2. The number of hydrogen-bond acceptors (Lipinski definition) is 2. The van der Waals surface area contributed by atoms with Crippen molar-refractivity contribution in [1.29, 1.82) is 0 Å². The summed E-state index contributed by atoms with van der Waals surface area (Å²) in [6.07, 6.45) is 3.34. The SMILES string of the molecule is CCCc1ccc(C(C)NC(CO)CC(C)C)cc1. The molecular weight excluding hydrogens is 234 g/mol. The Morgan fingerprint density at radius 1 is 1.11 bits per heavy atom. The highest BCUT2D eigenvalue weighted by Crippen LogP contribution is 2.16. The molecule has 108 valence electrons. The Morgan fingerprint density at radius 3 is 2.21 bits per heavy atom. The molecule has 2 nitrogen and oxygen atoms in total. The van der Waals surface area contributed by atoms with Crippen LogP contribution in [0.4, 0.5) is 0 Å². The van der Waals surface area contributed by atoms with Crippen LogP contribution in [-0.4, -0.2) is 17.8 Å². The molecule has 0 amide bonds. The molecule has 0 fully saturated rings.